The van der Waals surface area contributed by atoms with Crippen LogP contribution in [0.4, 0.5) is 10.3 Å². The Kier molecular flexibility index (Phi) is 4.34. The zero-order valence-electron chi connectivity index (χ0n) is 11.8. The molecule has 0 bridgehead atoms. The second kappa shape index (κ2) is 6.00. The van der Waals surface area contributed by atoms with E-state index in [1.54, 1.807) is 13.0 Å². The summed E-state index contributed by atoms with van der Waals surface area (Å²) >= 11 is 0. The smallest absolute Gasteiger partial charge is 0.255 e. The van der Waals surface area contributed by atoms with Crippen molar-refractivity contribution >= 4 is 22.9 Å². The predicted octanol–water partition coefficient (Wildman–Crippen LogP) is 2.56. The third-order valence-electron chi connectivity index (χ3n) is 3.05. The molecule has 0 saturated heterocycles. The Balaban J connectivity index is 2.32. The average Bonchev–Trinajstić information content (AvgIpc) is 2.74. The number of aryl methyl sites for hydroxylation is 1. The first-order chi connectivity index (χ1) is 9.56. The highest BCUT2D eigenvalue weighted by Gasteiger charge is 2.17. The maximum atomic E-state index is 13.2. The fourth-order valence-corrected chi connectivity index (χ4v) is 2.06. The first-order valence-electron chi connectivity index (χ1n) is 6.65. The zero-order chi connectivity index (χ0) is 14.7. The number of hydrogen-bond acceptors (Lipinski definition) is 3. The van der Waals surface area contributed by atoms with Crippen LogP contribution in [-0.4, -0.2) is 28.2 Å². The monoisotopic (exact) mass is 279 g/mol. The van der Waals surface area contributed by atoms with Gasteiger partial charge in [-0.3, -0.25) is 10.1 Å². The van der Waals surface area contributed by atoms with Crippen LogP contribution in [-0.2, 0) is 16.1 Å². The van der Waals surface area contributed by atoms with Crippen molar-refractivity contribution in [2.24, 2.45) is 0 Å². The van der Waals surface area contributed by atoms with Gasteiger partial charge in [0.25, 0.3) is 5.91 Å². The van der Waals surface area contributed by atoms with Crippen molar-refractivity contribution in [3.8, 4) is 0 Å². The summed E-state index contributed by atoms with van der Waals surface area (Å²) in [5.41, 5.74) is 1.31. The van der Waals surface area contributed by atoms with Crippen molar-refractivity contribution in [3.63, 3.8) is 0 Å². The molecule has 5 nitrogen and oxygen atoms in total. The van der Waals surface area contributed by atoms with Gasteiger partial charge < -0.3 is 9.30 Å². The number of aromatic nitrogens is 2. The average molecular weight is 279 g/mol. The molecule has 1 amide bonds. The molecular weight excluding hydrogens is 261 g/mol. The maximum absolute atomic E-state index is 13.2. The molecule has 0 aliphatic heterocycles. The summed E-state index contributed by atoms with van der Waals surface area (Å²) in [5, 5.41) is 2.72. The third-order valence-corrected chi connectivity index (χ3v) is 3.05. The molecule has 2 aromatic rings. The Bertz CT molecular complexity index is 624. The minimum atomic E-state index is -0.554. The number of halogens is 1. The number of hydrogen-bond donors (Lipinski definition) is 1. The molecule has 2 rings (SSSR count). The molecule has 1 aromatic carbocycles. The summed E-state index contributed by atoms with van der Waals surface area (Å²) in [5.74, 6) is -0.208. The Morgan fingerprint density at radius 2 is 2.25 bits per heavy atom. The van der Waals surface area contributed by atoms with Crippen LogP contribution >= 0.6 is 0 Å². The molecule has 0 aliphatic carbocycles. The van der Waals surface area contributed by atoms with E-state index in [1.165, 1.54) is 12.1 Å². The third kappa shape index (κ3) is 2.80. The molecule has 1 atom stereocenters. The van der Waals surface area contributed by atoms with E-state index in [1.807, 2.05) is 18.4 Å². The number of carbonyl (C=O) groups excluding carboxylic acids is 1. The van der Waals surface area contributed by atoms with Crippen LogP contribution in [0.15, 0.2) is 18.2 Å². The normalized spacial score (nSPS) is 12.6. The van der Waals surface area contributed by atoms with E-state index in [9.17, 15) is 9.18 Å². The molecule has 0 unspecified atom stereocenters. The first-order valence-corrected chi connectivity index (χ1v) is 6.65. The fraction of sp³-hybridized carbons (Fsp3) is 0.429. The van der Waals surface area contributed by atoms with Gasteiger partial charge in [-0.05, 0) is 32.9 Å². The van der Waals surface area contributed by atoms with Crippen LogP contribution in [0.2, 0.25) is 0 Å². The van der Waals surface area contributed by atoms with E-state index in [4.69, 9.17) is 4.74 Å². The van der Waals surface area contributed by atoms with E-state index in [0.29, 0.717) is 24.6 Å². The highest BCUT2D eigenvalue weighted by atomic mass is 19.1. The highest BCUT2D eigenvalue weighted by Crippen LogP contribution is 2.20. The Morgan fingerprint density at radius 1 is 1.50 bits per heavy atom. The molecule has 0 spiro atoms. The van der Waals surface area contributed by atoms with Gasteiger partial charge in [0.15, 0.2) is 0 Å². The molecular formula is C14H18FN3O2. The number of benzene rings is 1. The van der Waals surface area contributed by atoms with Crippen LogP contribution in [0, 0.1) is 5.82 Å². The lowest BCUT2D eigenvalue weighted by Gasteiger charge is -2.12. The van der Waals surface area contributed by atoms with Gasteiger partial charge in [-0.1, -0.05) is 0 Å². The lowest BCUT2D eigenvalue weighted by atomic mass is 10.3. The van der Waals surface area contributed by atoms with Gasteiger partial charge in [0.05, 0.1) is 11.0 Å². The molecule has 1 heterocycles. The number of ether oxygens (including phenoxy) is 1. The molecule has 6 heteroatoms. The van der Waals surface area contributed by atoms with Gasteiger partial charge in [0.1, 0.15) is 11.9 Å². The highest BCUT2D eigenvalue weighted by molar-refractivity contribution is 5.94. The summed E-state index contributed by atoms with van der Waals surface area (Å²) in [6.45, 7) is 6.53. The van der Waals surface area contributed by atoms with E-state index in [2.05, 4.69) is 10.3 Å². The summed E-state index contributed by atoms with van der Waals surface area (Å²) in [7, 11) is 0. The largest absolute Gasteiger partial charge is 0.369 e. The summed E-state index contributed by atoms with van der Waals surface area (Å²) in [4.78, 5) is 16.2. The van der Waals surface area contributed by atoms with Crippen molar-refractivity contribution < 1.29 is 13.9 Å². The van der Waals surface area contributed by atoms with E-state index in [-0.39, 0.29) is 11.7 Å². The summed E-state index contributed by atoms with van der Waals surface area (Å²) in [6, 6.07) is 4.39. The van der Waals surface area contributed by atoms with Gasteiger partial charge in [0.2, 0.25) is 5.95 Å². The molecule has 0 saturated carbocycles. The SMILES string of the molecule is CCO[C@@H](C)C(=O)Nc1nc2cc(F)ccc2n1CC. The number of rotatable bonds is 5. The van der Waals surface area contributed by atoms with Crippen LogP contribution in [0.3, 0.4) is 0 Å². The zero-order valence-corrected chi connectivity index (χ0v) is 11.8. The number of imidazole rings is 1. The van der Waals surface area contributed by atoms with Crippen molar-refractivity contribution in [1.29, 1.82) is 0 Å². The molecule has 20 heavy (non-hydrogen) atoms. The van der Waals surface area contributed by atoms with Gasteiger partial charge in [-0.2, -0.15) is 0 Å². The number of carbonyl (C=O) groups is 1. The summed E-state index contributed by atoms with van der Waals surface area (Å²) < 4.78 is 20.3. The van der Waals surface area contributed by atoms with Crippen molar-refractivity contribution in [1.82, 2.24) is 9.55 Å². The van der Waals surface area contributed by atoms with Gasteiger partial charge in [-0.15, -0.1) is 0 Å². The lowest BCUT2D eigenvalue weighted by Crippen LogP contribution is -2.29. The number of anilines is 1. The molecule has 0 fully saturated rings. The minimum Gasteiger partial charge on any atom is -0.369 e. The molecule has 1 aromatic heterocycles. The van der Waals surface area contributed by atoms with Crippen LogP contribution in [0.25, 0.3) is 11.0 Å². The molecule has 0 aliphatic rings. The van der Waals surface area contributed by atoms with Crippen molar-refractivity contribution in [2.45, 2.75) is 33.4 Å². The second-order valence-electron chi connectivity index (χ2n) is 4.40. The van der Waals surface area contributed by atoms with E-state index < -0.39 is 6.10 Å². The number of amides is 1. The molecule has 0 radical (unpaired) electrons. The van der Waals surface area contributed by atoms with Crippen molar-refractivity contribution in [2.75, 3.05) is 11.9 Å². The lowest BCUT2D eigenvalue weighted by molar-refractivity contribution is -0.126. The maximum Gasteiger partial charge on any atom is 0.255 e. The van der Waals surface area contributed by atoms with Gasteiger partial charge in [0, 0.05) is 19.2 Å². The van der Waals surface area contributed by atoms with Crippen LogP contribution < -0.4 is 5.32 Å². The summed E-state index contributed by atoms with van der Waals surface area (Å²) in [6.07, 6.45) is -0.554. The molecule has 1 N–H and O–H groups in total. The van der Waals surface area contributed by atoms with Crippen LogP contribution in [0.5, 0.6) is 0 Å². The number of nitrogens with one attached hydrogen (secondary N) is 1. The topological polar surface area (TPSA) is 56.1 Å². The predicted molar refractivity (Wildman–Crippen MR) is 75.1 cm³/mol. The number of nitrogens with zero attached hydrogens (tertiary/aromatic N) is 2. The van der Waals surface area contributed by atoms with E-state index in [0.717, 1.165) is 5.52 Å². The number of fused-ring (bicyclic) bond motifs is 1. The Morgan fingerprint density at radius 3 is 2.90 bits per heavy atom. The van der Waals surface area contributed by atoms with Crippen molar-refractivity contribution in [3.05, 3.63) is 24.0 Å². The molecule has 108 valence electrons. The van der Waals surface area contributed by atoms with Gasteiger partial charge in [-0.25, -0.2) is 9.37 Å². The first kappa shape index (κ1) is 14.5. The quantitative estimate of drug-likeness (QED) is 0.915. The standard InChI is InChI=1S/C14H18FN3O2/c1-4-18-12-7-6-10(15)8-11(12)16-14(18)17-13(19)9(3)20-5-2/h6-9H,4-5H2,1-3H3,(H,16,17,19)/t9-/m0/s1. The Labute approximate surface area is 116 Å². The fourth-order valence-electron chi connectivity index (χ4n) is 2.06. The second-order valence-corrected chi connectivity index (χ2v) is 4.40. The van der Waals surface area contributed by atoms with E-state index >= 15 is 0 Å². The Hall–Kier alpha value is -1.95. The van der Waals surface area contributed by atoms with Gasteiger partial charge >= 0.3 is 0 Å². The van der Waals surface area contributed by atoms with Crippen LogP contribution in [0.1, 0.15) is 20.8 Å². The minimum absolute atomic E-state index is 0.266.